The highest BCUT2D eigenvalue weighted by Gasteiger charge is 1.84. The summed E-state index contributed by atoms with van der Waals surface area (Å²) in [5.41, 5.74) is 1.34. The monoisotopic (exact) mass is 203 g/mol. The zero-order chi connectivity index (χ0) is 7.98. The average molecular weight is 204 g/mol. The number of allylic oxidation sites excluding steroid dienone is 1. The van der Waals surface area contributed by atoms with Crippen LogP contribution in [0.3, 0.4) is 0 Å². The summed E-state index contributed by atoms with van der Waals surface area (Å²) in [7, 11) is 0. The van der Waals surface area contributed by atoms with Crippen LogP contribution >= 0.6 is 15.9 Å². The molecule has 0 aromatic rings. The lowest BCUT2D eigenvalue weighted by molar-refractivity contribution is 0.835. The van der Waals surface area contributed by atoms with Crippen molar-refractivity contribution in [2.45, 2.75) is 13.8 Å². The maximum absolute atomic E-state index is 3.71. The van der Waals surface area contributed by atoms with Crippen molar-refractivity contribution in [2.75, 3.05) is 13.1 Å². The lowest BCUT2D eigenvalue weighted by atomic mass is 10.3. The lowest BCUT2D eigenvalue weighted by Crippen LogP contribution is -2.14. The molecule has 0 aromatic heterocycles. The Hall–Kier alpha value is -0.0800. The van der Waals surface area contributed by atoms with Gasteiger partial charge in [0, 0.05) is 17.6 Å². The van der Waals surface area contributed by atoms with E-state index in [1.54, 1.807) is 0 Å². The second-order valence-corrected chi connectivity index (χ2v) is 3.55. The molecule has 0 aliphatic carbocycles. The van der Waals surface area contributed by atoms with Crippen molar-refractivity contribution in [1.29, 1.82) is 0 Å². The predicted octanol–water partition coefficient (Wildman–Crippen LogP) is 2.45. The maximum atomic E-state index is 3.71. The number of halogens is 1. The van der Waals surface area contributed by atoms with E-state index in [4.69, 9.17) is 0 Å². The Kier molecular flexibility index (Phi) is 5.64. The van der Waals surface area contributed by atoms with Crippen molar-refractivity contribution < 1.29 is 0 Å². The molecule has 1 N–H and O–H groups in total. The molecule has 0 fully saturated rings. The molecule has 0 saturated heterocycles. The molecule has 0 aliphatic heterocycles. The molecule has 0 amide bonds. The molecule has 2 heteroatoms. The van der Waals surface area contributed by atoms with E-state index in [-0.39, 0.29) is 0 Å². The van der Waals surface area contributed by atoms with Gasteiger partial charge in [-0.25, -0.2) is 0 Å². The van der Waals surface area contributed by atoms with Crippen molar-refractivity contribution in [3.63, 3.8) is 0 Å². The third-order valence-corrected chi connectivity index (χ3v) is 1.25. The fourth-order valence-corrected chi connectivity index (χ4v) is 0.682. The Morgan fingerprint density at radius 3 is 2.60 bits per heavy atom. The molecule has 0 heterocycles. The Bertz CT molecular complexity index is 134. The minimum Gasteiger partial charge on any atom is -0.309 e. The molecule has 0 aliphatic rings. The summed E-state index contributed by atoms with van der Waals surface area (Å²) in [5.74, 6) is 0. The molecule has 1 nitrogen and oxygen atoms in total. The molecule has 0 spiro atoms. The van der Waals surface area contributed by atoms with Gasteiger partial charge in [-0.15, -0.1) is 0 Å². The zero-order valence-electron chi connectivity index (χ0n) is 6.58. The molecular weight excluding hydrogens is 190 g/mol. The van der Waals surface area contributed by atoms with Gasteiger partial charge in [-0.3, -0.25) is 0 Å². The van der Waals surface area contributed by atoms with Crippen LogP contribution in [0.5, 0.6) is 0 Å². The van der Waals surface area contributed by atoms with Gasteiger partial charge in [0.15, 0.2) is 0 Å². The van der Waals surface area contributed by atoms with Gasteiger partial charge in [0.1, 0.15) is 0 Å². The van der Waals surface area contributed by atoms with Gasteiger partial charge in [0.25, 0.3) is 0 Å². The predicted molar refractivity (Wildman–Crippen MR) is 50.4 cm³/mol. The minimum atomic E-state index is 0.837. The fourth-order valence-electron chi connectivity index (χ4n) is 0.484. The fraction of sp³-hybridized carbons (Fsp3) is 0.500. The minimum absolute atomic E-state index is 0.837. The SMILES string of the molecule is C=C(Br)CNCC=C(C)C. The molecule has 0 unspecified atom stereocenters. The number of nitrogens with one attached hydrogen (secondary N) is 1. The summed E-state index contributed by atoms with van der Waals surface area (Å²) in [6.45, 7) is 9.64. The Labute approximate surface area is 71.3 Å². The van der Waals surface area contributed by atoms with Gasteiger partial charge in [-0.2, -0.15) is 0 Å². The van der Waals surface area contributed by atoms with Crippen molar-refractivity contribution in [3.8, 4) is 0 Å². The first-order chi connectivity index (χ1) is 4.63. The second-order valence-electron chi connectivity index (χ2n) is 2.43. The summed E-state index contributed by atoms with van der Waals surface area (Å²) >= 11 is 3.26. The molecule has 0 radical (unpaired) electrons. The van der Waals surface area contributed by atoms with Crippen LogP contribution in [0.4, 0.5) is 0 Å². The first kappa shape index (κ1) is 9.92. The van der Waals surface area contributed by atoms with E-state index < -0.39 is 0 Å². The third kappa shape index (κ3) is 7.92. The highest BCUT2D eigenvalue weighted by Crippen LogP contribution is 1.96. The number of hydrogen-bond donors (Lipinski definition) is 1. The number of rotatable bonds is 4. The summed E-state index contributed by atoms with van der Waals surface area (Å²) in [6.07, 6.45) is 2.15. The normalized spacial score (nSPS) is 9.10. The standard InChI is InChI=1S/C8H14BrN/c1-7(2)4-5-10-6-8(3)9/h4,10H,3,5-6H2,1-2H3. The van der Waals surface area contributed by atoms with Crippen molar-refractivity contribution >= 4 is 15.9 Å². The Balaban J connectivity index is 3.21. The molecular formula is C8H14BrN. The summed E-state index contributed by atoms with van der Waals surface area (Å²) < 4.78 is 0.995. The average Bonchev–Trinajstić information content (AvgIpc) is 1.79. The van der Waals surface area contributed by atoms with E-state index in [1.807, 2.05) is 0 Å². The molecule has 0 aromatic carbocycles. The summed E-state index contributed by atoms with van der Waals surface area (Å²) in [4.78, 5) is 0. The smallest absolute Gasteiger partial charge is 0.0268 e. The quantitative estimate of drug-likeness (QED) is 0.547. The maximum Gasteiger partial charge on any atom is 0.0268 e. The zero-order valence-corrected chi connectivity index (χ0v) is 8.16. The first-order valence-electron chi connectivity index (χ1n) is 3.30. The van der Waals surface area contributed by atoms with E-state index in [9.17, 15) is 0 Å². The Morgan fingerprint density at radius 2 is 2.20 bits per heavy atom. The van der Waals surface area contributed by atoms with Crippen LogP contribution in [0.15, 0.2) is 22.7 Å². The highest BCUT2D eigenvalue weighted by atomic mass is 79.9. The van der Waals surface area contributed by atoms with Gasteiger partial charge in [0.2, 0.25) is 0 Å². The van der Waals surface area contributed by atoms with Crippen LogP contribution in [0.1, 0.15) is 13.8 Å². The number of hydrogen-bond acceptors (Lipinski definition) is 1. The van der Waals surface area contributed by atoms with Crippen LogP contribution in [0.2, 0.25) is 0 Å². The van der Waals surface area contributed by atoms with E-state index >= 15 is 0 Å². The van der Waals surface area contributed by atoms with Crippen molar-refractivity contribution in [1.82, 2.24) is 5.32 Å². The molecule has 0 saturated carbocycles. The van der Waals surface area contributed by atoms with Gasteiger partial charge in [-0.1, -0.05) is 34.2 Å². The van der Waals surface area contributed by atoms with E-state index in [0.717, 1.165) is 17.6 Å². The molecule has 0 rings (SSSR count). The highest BCUT2D eigenvalue weighted by molar-refractivity contribution is 9.11. The van der Waals surface area contributed by atoms with E-state index in [0.29, 0.717) is 0 Å². The van der Waals surface area contributed by atoms with Crippen molar-refractivity contribution in [3.05, 3.63) is 22.7 Å². The largest absolute Gasteiger partial charge is 0.309 e. The summed E-state index contributed by atoms with van der Waals surface area (Å²) in [5, 5.41) is 3.19. The molecule has 58 valence electrons. The molecule has 10 heavy (non-hydrogen) atoms. The topological polar surface area (TPSA) is 12.0 Å². The van der Waals surface area contributed by atoms with Crippen LogP contribution in [0.25, 0.3) is 0 Å². The molecule has 0 bridgehead atoms. The van der Waals surface area contributed by atoms with Crippen LogP contribution in [-0.4, -0.2) is 13.1 Å². The lowest BCUT2D eigenvalue weighted by Gasteiger charge is -1.98. The molecule has 0 atom stereocenters. The first-order valence-corrected chi connectivity index (χ1v) is 4.09. The Morgan fingerprint density at radius 1 is 1.60 bits per heavy atom. The van der Waals surface area contributed by atoms with E-state index in [2.05, 4.69) is 47.7 Å². The van der Waals surface area contributed by atoms with E-state index in [1.165, 1.54) is 5.57 Å². The van der Waals surface area contributed by atoms with Crippen molar-refractivity contribution in [2.24, 2.45) is 0 Å². The van der Waals surface area contributed by atoms with Gasteiger partial charge in [-0.05, 0) is 13.8 Å². The van der Waals surface area contributed by atoms with Crippen LogP contribution in [0, 0.1) is 0 Å². The van der Waals surface area contributed by atoms with Gasteiger partial charge >= 0.3 is 0 Å². The third-order valence-electron chi connectivity index (χ3n) is 0.971. The second kappa shape index (κ2) is 5.69. The van der Waals surface area contributed by atoms with Crippen LogP contribution < -0.4 is 5.32 Å². The van der Waals surface area contributed by atoms with Gasteiger partial charge in [0.05, 0.1) is 0 Å². The summed E-state index contributed by atoms with van der Waals surface area (Å²) in [6, 6.07) is 0. The van der Waals surface area contributed by atoms with Gasteiger partial charge < -0.3 is 5.32 Å². The van der Waals surface area contributed by atoms with Crippen LogP contribution in [-0.2, 0) is 0 Å².